The highest BCUT2D eigenvalue weighted by Crippen LogP contribution is 2.22. The zero-order valence-corrected chi connectivity index (χ0v) is 12.1. The van der Waals surface area contributed by atoms with Gasteiger partial charge in [0.05, 0.1) is 5.56 Å². The molecule has 0 spiro atoms. The molecule has 1 aromatic carbocycles. The third kappa shape index (κ3) is 3.35. The molecule has 5 heteroatoms. The van der Waals surface area contributed by atoms with Crippen LogP contribution in [0.15, 0.2) is 18.2 Å². The molecule has 1 aliphatic heterocycles. The number of nitrogens with zero attached hydrogens (tertiary/aromatic N) is 2. The molecule has 1 saturated heterocycles. The lowest BCUT2D eigenvalue weighted by Crippen LogP contribution is -2.34. The zero-order valence-electron chi connectivity index (χ0n) is 12.1. The molecule has 4 nitrogen and oxygen atoms in total. The van der Waals surface area contributed by atoms with Crippen molar-refractivity contribution in [1.29, 1.82) is 0 Å². The molecule has 20 heavy (non-hydrogen) atoms. The summed E-state index contributed by atoms with van der Waals surface area (Å²) in [6, 6.07) is 4.52. The smallest absolute Gasteiger partial charge is 0.335 e. The van der Waals surface area contributed by atoms with Gasteiger partial charge in [0, 0.05) is 25.7 Å². The van der Waals surface area contributed by atoms with Crippen LogP contribution >= 0.6 is 0 Å². The number of carboxylic acid groups (broad SMARTS) is 1. The summed E-state index contributed by atoms with van der Waals surface area (Å²) < 4.78 is 13.5. The lowest BCUT2D eigenvalue weighted by atomic mass is 10.1. The molecule has 1 fully saturated rings. The molecule has 0 radical (unpaired) electrons. The molecule has 0 saturated carbocycles. The van der Waals surface area contributed by atoms with Crippen LogP contribution < -0.4 is 0 Å². The van der Waals surface area contributed by atoms with Gasteiger partial charge in [-0.05, 0) is 43.8 Å². The lowest BCUT2D eigenvalue weighted by Gasteiger charge is -2.22. The fourth-order valence-electron chi connectivity index (χ4n) is 2.97. The fourth-order valence-corrected chi connectivity index (χ4v) is 2.97. The lowest BCUT2D eigenvalue weighted by molar-refractivity contribution is 0.0696. The van der Waals surface area contributed by atoms with Crippen LogP contribution in [0.2, 0.25) is 0 Å². The van der Waals surface area contributed by atoms with Crippen LogP contribution in [-0.4, -0.2) is 54.1 Å². The first-order chi connectivity index (χ1) is 9.36. The Hall–Kier alpha value is -1.46. The minimum Gasteiger partial charge on any atom is -0.478 e. The first-order valence-corrected chi connectivity index (χ1v) is 6.78. The van der Waals surface area contributed by atoms with Gasteiger partial charge in [-0.15, -0.1) is 0 Å². The Labute approximate surface area is 118 Å². The summed E-state index contributed by atoms with van der Waals surface area (Å²) >= 11 is 0. The highest BCUT2D eigenvalue weighted by molar-refractivity contribution is 5.87. The van der Waals surface area contributed by atoms with Crippen molar-refractivity contribution in [2.24, 2.45) is 5.92 Å². The van der Waals surface area contributed by atoms with Crippen molar-refractivity contribution in [2.45, 2.75) is 19.5 Å². The predicted octanol–water partition coefficient (Wildman–Crippen LogP) is 1.91. The van der Waals surface area contributed by atoms with E-state index in [1.165, 1.54) is 6.07 Å². The SMILES string of the molecule is CC1CN(Cc2cc(F)cc(C(=O)O)c2)CC1N(C)C. The van der Waals surface area contributed by atoms with Gasteiger partial charge in [0.15, 0.2) is 0 Å². The van der Waals surface area contributed by atoms with Gasteiger partial charge < -0.3 is 10.0 Å². The molecule has 110 valence electrons. The molecule has 0 aliphatic carbocycles. The van der Waals surface area contributed by atoms with Crippen molar-refractivity contribution in [3.05, 3.63) is 35.1 Å². The normalized spacial score (nSPS) is 23.4. The molecular weight excluding hydrogens is 259 g/mol. The topological polar surface area (TPSA) is 43.8 Å². The standard InChI is InChI=1S/C15H21FN2O2/c1-10-7-18(9-14(10)17(2)3)8-11-4-12(15(19)20)6-13(16)5-11/h4-6,10,14H,7-9H2,1-3H3,(H,19,20). The number of hydrogen-bond acceptors (Lipinski definition) is 3. The van der Waals surface area contributed by atoms with Crippen molar-refractivity contribution in [3.63, 3.8) is 0 Å². The Morgan fingerprint density at radius 1 is 1.40 bits per heavy atom. The fraction of sp³-hybridized carbons (Fsp3) is 0.533. The van der Waals surface area contributed by atoms with Gasteiger partial charge in [-0.3, -0.25) is 4.90 Å². The molecule has 1 N–H and O–H groups in total. The van der Waals surface area contributed by atoms with E-state index in [0.29, 0.717) is 24.1 Å². The quantitative estimate of drug-likeness (QED) is 0.915. The predicted molar refractivity (Wildman–Crippen MR) is 75.3 cm³/mol. The number of aromatic carboxylic acids is 1. The summed E-state index contributed by atoms with van der Waals surface area (Å²) in [5.74, 6) is -1.03. The van der Waals surface area contributed by atoms with E-state index in [1.807, 2.05) is 0 Å². The maximum Gasteiger partial charge on any atom is 0.335 e. The van der Waals surface area contributed by atoms with Crippen LogP contribution in [0.5, 0.6) is 0 Å². The monoisotopic (exact) mass is 280 g/mol. The number of carbonyl (C=O) groups is 1. The highest BCUT2D eigenvalue weighted by atomic mass is 19.1. The second-order valence-electron chi connectivity index (χ2n) is 5.86. The summed E-state index contributed by atoms with van der Waals surface area (Å²) in [6.45, 7) is 4.67. The average molecular weight is 280 g/mol. The Morgan fingerprint density at radius 3 is 2.65 bits per heavy atom. The van der Waals surface area contributed by atoms with Crippen LogP contribution in [0.25, 0.3) is 0 Å². The number of likely N-dealkylation sites (tertiary alicyclic amines) is 1. The van der Waals surface area contributed by atoms with Crippen molar-refractivity contribution in [2.75, 3.05) is 27.2 Å². The Morgan fingerprint density at radius 2 is 2.10 bits per heavy atom. The number of hydrogen-bond donors (Lipinski definition) is 1. The van der Waals surface area contributed by atoms with E-state index in [9.17, 15) is 9.18 Å². The van der Waals surface area contributed by atoms with Gasteiger partial charge in [0.1, 0.15) is 5.82 Å². The van der Waals surface area contributed by atoms with Gasteiger partial charge in [-0.1, -0.05) is 6.92 Å². The van der Waals surface area contributed by atoms with Crippen LogP contribution in [0.4, 0.5) is 4.39 Å². The van der Waals surface area contributed by atoms with E-state index >= 15 is 0 Å². The minimum atomic E-state index is -1.09. The van der Waals surface area contributed by atoms with Gasteiger partial charge in [0.2, 0.25) is 0 Å². The molecule has 2 unspecified atom stereocenters. The summed E-state index contributed by atoms with van der Waals surface area (Å²) in [6.07, 6.45) is 0. The van der Waals surface area contributed by atoms with Crippen molar-refractivity contribution in [1.82, 2.24) is 9.80 Å². The molecule has 0 aromatic heterocycles. The van der Waals surface area contributed by atoms with E-state index in [1.54, 1.807) is 6.07 Å². The summed E-state index contributed by atoms with van der Waals surface area (Å²) in [5.41, 5.74) is 0.727. The van der Waals surface area contributed by atoms with Gasteiger partial charge in [-0.2, -0.15) is 0 Å². The zero-order chi connectivity index (χ0) is 14.9. The van der Waals surface area contributed by atoms with Crippen molar-refractivity contribution in [3.8, 4) is 0 Å². The van der Waals surface area contributed by atoms with Crippen molar-refractivity contribution >= 4 is 5.97 Å². The average Bonchev–Trinajstić information content (AvgIpc) is 2.69. The number of halogens is 1. The maximum atomic E-state index is 13.5. The largest absolute Gasteiger partial charge is 0.478 e. The summed E-state index contributed by atoms with van der Waals surface area (Å²) in [7, 11) is 4.13. The van der Waals surface area contributed by atoms with Crippen LogP contribution in [0.1, 0.15) is 22.8 Å². The maximum absolute atomic E-state index is 13.5. The summed E-state index contributed by atoms with van der Waals surface area (Å²) in [5, 5.41) is 8.96. The molecule has 0 bridgehead atoms. The summed E-state index contributed by atoms with van der Waals surface area (Å²) in [4.78, 5) is 15.4. The molecule has 1 heterocycles. The van der Waals surface area contributed by atoms with Crippen LogP contribution in [-0.2, 0) is 6.54 Å². The number of rotatable bonds is 4. The Bertz CT molecular complexity index is 505. The molecule has 1 aliphatic rings. The highest BCUT2D eigenvalue weighted by Gasteiger charge is 2.30. The minimum absolute atomic E-state index is 0.0106. The second-order valence-corrected chi connectivity index (χ2v) is 5.86. The third-order valence-corrected chi connectivity index (χ3v) is 3.92. The molecule has 0 amide bonds. The first kappa shape index (κ1) is 14.9. The Kier molecular flexibility index (Phi) is 4.40. The van der Waals surface area contributed by atoms with E-state index in [2.05, 4.69) is 30.8 Å². The number of carboxylic acids is 1. The molecule has 1 aromatic rings. The molecular formula is C15H21FN2O2. The number of benzene rings is 1. The van der Waals surface area contributed by atoms with E-state index in [4.69, 9.17) is 5.11 Å². The second kappa shape index (κ2) is 5.89. The van der Waals surface area contributed by atoms with Crippen molar-refractivity contribution < 1.29 is 14.3 Å². The molecule has 2 atom stereocenters. The van der Waals surface area contributed by atoms with E-state index in [0.717, 1.165) is 19.2 Å². The third-order valence-electron chi connectivity index (χ3n) is 3.92. The molecule has 2 rings (SSSR count). The van der Waals surface area contributed by atoms with Crippen LogP contribution in [0.3, 0.4) is 0 Å². The van der Waals surface area contributed by atoms with Crippen LogP contribution in [0, 0.1) is 11.7 Å². The van der Waals surface area contributed by atoms with Gasteiger partial charge in [-0.25, -0.2) is 9.18 Å². The number of likely N-dealkylation sites (N-methyl/N-ethyl adjacent to an activating group) is 1. The Balaban J connectivity index is 2.09. The van der Waals surface area contributed by atoms with E-state index in [-0.39, 0.29) is 5.56 Å². The van der Waals surface area contributed by atoms with Gasteiger partial charge in [0.25, 0.3) is 0 Å². The van der Waals surface area contributed by atoms with E-state index < -0.39 is 11.8 Å². The van der Waals surface area contributed by atoms with Gasteiger partial charge >= 0.3 is 5.97 Å². The first-order valence-electron chi connectivity index (χ1n) is 6.78.